The Morgan fingerprint density at radius 1 is 1.09 bits per heavy atom. The van der Waals surface area contributed by atoms with Crippen LogP contribution in [0.25, 0.3) is 6.08 Å². The van der Waals surface area contributed by atoms with E-state index >= 15 is 0 Å². The third-order valence-corrected chi connectivity index (χ3v) is 3.14. The summed E-state index contributed by atoms with van der Waals surface area (Å²) < 4.78 is 25.9. The monoisotopic (exact) mass is 337 g/mol. The Hall–Kier alpha value is -2.73. The zero-order chi connectivity index (χ0) is 17.0. The number of carbonyl (C=O) groups is 2. The summed E-state index contributed by atoms with van der Waals surface area (Å²) in [6.07, 6.45) is 1.14. The van der Waals surface area contributed by atoms with Crippen molar-refractivity contribution in [3.8, 4) is 0 Å². The standard InChI is InChI=1S/C16H10ClF2NO3/c17-11(7-9-5-6-12(18)13(19)8-9)15(21)20-14-4-2-1-3-10(14)16(22)23/h1-8H,(H,20,21)(H,22,23)/b11-7-. The van der Waals surface area contributed by atoms with Crippen LogP contribution in [0.3, 0.4) is 0 Å². The van der Waals surface area contributed by atoms with Crippen molar-refractivity contribution in [2.24, 2.45) is 0 Å². The highest BCUT2D eigenvalue weighted by molar-refractivity contribution is 6.45. The Kier molecular flexibility index (Phi) is 5.08. The summed E-state index contributed by atoms with van der Waals surface area (Å²) in [7, 11) is 0. The molecule has 0 aliphatic heterocycles. The third kappa shape index (κ3) is 4.14. The van der Waals surface area contributed by atoms with Crippen molar-refractivity contribution in [3.63, 3.8) is 0 Å². The molecule has 2 rings (SSSR count). The molecule has 0 saturated carbocycles. The highest BCUT2D eigenvalue weighted by Crippen LogP contribution is 2.19. The van der Waals surface area contributed by atoms with Crippen LogP contribution in [0, 0.1) is 11.6 Å². The fraction of sp³-hybridized carbons (Fsp3) is 0. The number of hydrogen-bond donors (Lipinski definition) is 2. The van der Waals surface area contributed by atoms with Gasteiger partial charge in [0, 0.05) is 0 Å². The van der Waals surface area contributed by atoms with Crippen LogP contribution in [0.5, 0.6) is 0 Å². The number of carboxylic acids is 1. The molecular weight excluding hydrogens is 328 g/mol. The number of amides is 1. The molecule has 1 amide bonds. The number of para-hydroxylation sites is 1. The predicted octanol–water partition coefficient (Wildman–Crippen LogP) is 3.88. The molecule has 23 heavy (non-hydrogen) atoms. The first-order chi connectivity index (χ1) is 10.9. The van der Waals surface area contributed by atoms with E-state index < -0.39 is 23.5 Å². The van der Waals surface area contributed by atoms with Gasteiger partial charge in [-0.2, -0.15) is 0 Å². The fourth-order valence-electron chi connectivity index (χ4n) is 1.77. The van der Waals surface area contributed by atoms with Crippen LogP contribution in [0.2, 0.25) is 0 Å². The molecule has 0 bridgehead atoms. The molecule has 0 aliphatic carbocycles. The fourth-order valence-corrected chi connectivity index (χ4v) is 1.95. The Morgan fingerprint density at radius 3 is 2.43 bits per heavy atom. The lowest BCUT2D eigenvalue weighted by molar-refractivity contribution is -0.112. The lowest BCUT2D eigenvalue weighted by Crippen LogP contribution is -2.14. The quantitative estimate of drug-likeness (QED) is 0.832. The number of nitrogens with one attached hydrogen (secondary N) is 1. The maximum absolute atomic E-state index is 13.1. The zero-order valence-electron chi connectivity index (χ0n) is 11.5. The topological polar surface area (TPSA) is 66.4 Å². The number of carbonyl (C=O) groups excluding carboxylic acids is 1. The van der Waals surface area contributed by atoms with Crippen molar-refractivity contribution >= 4 is 35.2 Å². The average molecular weight is 338 g/mol. The van der Waals surface area contributed by atoms with Gasteiger partial charge in [-0.05, 0) is 35.9 Å². The Bertz CT molecular complexity index is 806. The molecule has 0 saturated heterocycles. The van der Waals surface area contributed by atoms with Gasteiger partial charge in [0.05, 0.1) is 11.3 Å². The maximum atomic E-state index is 13.1. The van der Waals surface area contributed by atoms with E-state index in [4.69, 9.17) is 16.7 Å². The van der Waals surface area contributed by atoms with E-state index in [0.29, 0.717) is 0 Å². The molecule has 0 aromatic heterocycles. The summed E-state index contributed by atoms with van der Waals surface area (Å²) >= 11 is 5.83. The van der Waals surface area contributed by atoms with E-state index in [1.54, 1.807) is 6.07 Å². The van der Waals surface area contributed by atoms with E-state index in [0.717, 1.165) is 18.2 Å². The van der Waals surface area contributed by atoms with Crippen LogP contribution in [0.4, 0.5) is 14.5 Å². The molecular formula is C16H10ClF2NO3. The molecule has 0 heterocycles. The van der Waals surface area contributed by atoms with E-state index in [1.165, 1.54) is 24.3 Å². The van der Waals surface area contributed by atoms with Gasteiger partial charge in [0.1, 0.15) is 5.03 Å². The first kappa shape index (κ1) is 16.6. The highest BCUT2D eigenvalue weighted by atomic mass is 35.5. The van der Waals surface area contributed by atoms with Gasteiger partial charge in [-0.1, -0.05) is 29.8 Å². The van der Waals surface area contributed by atoms with Gasteiger partial charge in [-0.25, -0.2) is 13.6 Å². The van der Waals surface area contributed by atoms with Crippen molar-refractivity contribution in [1.82, 2.24) is 0 Å². The minimum atomic E-state index is -1.21. The van der Waals surface area contributed by atoms with Crippen LogP contribution < -0.4 is 5.32 Å². The third-order valence-electron chi connectivity index (χ3n) is 2.86. The summed E-state index contributed by atoms with van der Waals surface area (Å²) in [6, 6.07) is 8.83. The minimum Gasteiger partial charge on any atom is -0.478 e. The molecule has 4 nitrogen and oxygen atoms in total. The smallest absolute Gasteiger partial charge is 0.337 e. The van der Waals surface area contributed by atoms with Crippen LogP contribution in [-0.2, 0) is 4.79 Å². The molecule has 2 aromatic carbocycles. The van der Waals surface area contributed by atoms with Gasteiger partial charge in [-0.3, -0.25) is 4.79 Å². The zero-order valence-corrected chi connectivity index (χ0v) is 12.3. The van der Waals surface area contributed by atoms with Crippen molar-refractivity contribution < 1.29 is 23.5 Å². The van der Waals surface area contributed by atoms with Crippen molar-refractivity contribution in [2.45, 2.75) is 0 Å². The first-order valence-electron chi connectivity index (χ1n) is 6.34. The molecule has 2 aromatic rings. The van der Waals surface area contributed by atoms with Gasteiger partial charge in [-0.15, -0.1) is 0 Å². The highest BCUT2D eigenvalue weighted by Gasteiger charge is 2.14. The van der Waals surface area contributed by atoms with Gasteiger partial charge < -0.3 is 10.4 Å². The van der Waals surface area contributed by atoms with Crippen molar-refractivity contribution in [1.29, 1.82) is 0 Å². The van der Waals surface area contributed by atoms with E-state index in [-0.39, 0.29) is 21.8 Å². The number of carboxylic acid groups (broad SMARTS) is 1. The maximum Gasteiger partial charge on any atom is 0.337 e. The molecule has 0 aliphatic rings. The van der Waals surface area contributed by atoms with Crippen LogP contribution in [-0.4, -0.2) is 17.0 Å². The Morgan fingerprint density at radius 2 is 1.78 bits per heavy atom. The normalized spacial score (nSPS) is 11.2. The van der Waals surface area contributed by atoms with Crippen molar-refractivity contribution in [3.05, 3.63) is 70.3 Å². The minimum absolute atomic E-state index is 0.0711. The van der Waals surface area contributed by atoms with Gasteiger partial charge in [0.15, 0.2) is 11.6 Å². The number of aromatic carboxylic acids is 1. The van der Waals surface area contributed by atoms with E-state index in [9.17, 15) is 18.4 Å². The summed E-state index contributed by atoms with van der Waals surface area (Å²) in [5, 5.41) is 11.1. The van der Waals surface area contributed by atoms with Crippen LogP contribution >= 0.6 is 11.6 Å². The Labute approximate surface area is 135 Å². The van der Waals surface area contributed by atoms with Gasteiger partial charge in [0.25, 0.3) is 5.91 Å². The molecule has 0 radical (unpaired) electrons. The number of benzene rings is 2. The van der Waals surface area contributed by atoms with E-state index in [1.807, 2.05) is 0 Å². The number of anilines is 1. The largest absolute Gasteiger partial charge is 0.478 e. The summed E-state index contributed by atoms with van der Waals surface area (Å²) in [4.78, 5) is 23.0. The Balaban J connectivity index is 2.22. The second kappa shape index (κ2) is 7.02. The second-order valence-corrected chi connectivity index (χ2v) is 4.88. The number of rotatable bonds is 4. The van der Waals surface area contributed by atoms with Crippen LogP contribution in [0.1, 0.15) is 15.9 Å². The molecule has 0 unspecified atom stereocenters. The van der Waals surface area contributed by atoms with Gasteiger partial charge >= 0.3 is 5.97 Å². The van der Waals surface area contributed by atoms with Crippen LogP contribution in [0.15, 0.2) is 47.5 Å². The average Bonchev–Trinajstić information content (AvgIpc) is 2.51. The summed E-state index contributed by atoms with van der Waals surface area (Å²) in [5.74, 6) is -4.07. The lowest BCUT2D eigenvalue weighted by Gasteiger charge is -2.07. The predicted molar refractivity (Wildman–Crippen MR) is 82.2 cm³/mol. The van der Waals surface area contributed by atoms with Crippen molar-refractivity contribution in [2.75, 3.05) is 5.32 Å². The van der Waals surface area contributed by atoms with E-state index in [2.05, 4.69) is 5.32 Å². The molecule has 0 atom stereocenters. The lowest BCUT2D eigenvalue weighted by atomic mass is 10.1. The molecule has 118 valence electrons. The molecule has 0 spiro atoms. The molecule has 0 fully saturated rings. The molecule has 2 N–H and O–H groups in total. The summed E-state index contributed by atoms with van der Waals surface area (Å²) in [5.41, 5.74) is 0.163. The first-order valence-corrected chi connectivity index (χ1v) is 6.72. The number of halogens is 3. The number of hydrogen-bond acceptors (Lipinski definition) is 2. The summed E-state index contributed by atoms with van der Waals surface area (Å²) in [6.45, 7) is 0. The molecule has 7 heteroatoms. The SMILES string of the molecule is O=C(Nc1ccccc1C(=O)O)/C(Cl)=C/c1ccc(F)c(F)c1. The second-order valence-electron chi connectivity index (χ2n) is 4.47. The van der Waals surface area contributed by atoms with Gasteiger partial charge in [0.2, 0.25) is 0 Å².